The van der Waals surface area contributed by atoms with Gasteiger partial charge in [-0.3, -0.25) is 19.5 Å². The Kier molecular flexibility index (Phi) is 8.81. The molecular weight excluding hydrogens is 472 g/mol. The zero-order valence-corrected chi connectivity index (χ0v) is 22.3. The monoisotopic (exact) mass is 506 g/mol. The first-order chi connectivity index (χ1) is 17.2. The van der Waals surface area contributed by atoms with E-state index in [1.807, 2.05) is 37.8 Å². The van der Waals surface area contributed by atoms with Crippen LogP contribution in [0.2, 0.25) is 5.02 Å². The molecule has 2 amide bonds. The van der Waals surface area contributed by atoms with E-state index >= 15 is 0 Å². The van der Waals surface area contributed by atoms with Crippen LogP contribution in [-0.2, 0) is 10.3 Å². The van der Waals surface area contributed by atoms with Crippen molar-refractivity contribution in [2.45, 2.75) is 71.4 Å². The van der Waals surface area contributed by atoms with Gasteiger partial charge < -0.3 is 10.6 Å². The highest BCUT2D eigenvalue weighted by Gasteiger charge is 2.42. The van der Waals surface area contributed by atoms with Crippen LogP contribution in [0, 0.1) is 18.3 Å². The summed E-state index contributed by atoms with van der Waals surface area (Å²) >= 11 is 6.76. The van der Waals surface area contributed by atoms with E-state index in [4.69, 9.17) is 18.0 Å². The molecule has 1 saturated heterocycles. The number of nitrogens with one attached hydrogen (secondary N) is 2. The fourth-order valence-electron chi connectivity index (χ4n) is 5.08. The average Bonchev–Trinajstić information content (AvgIpc) is 2.86. The van der Waals surface area contributed by atoms with Crippen molar-refractivity contribution in [1.29, 1.82) is 0 Å². The lowest BCUT2D eigenvalue weighted by Crippen LogP contribution is -2.57. The average molecular weight is 507 g/mol. The number of nitrogens with zero attached hydrogens (tertiary/aromatic N) is 2. The summed E-state index contributed by atoms with van der Waals surface area (Å²) in [6.07, 6.45) is 12.9. The summed E-state index contributed by atoms with van der Waals surface area (Å²) in [5.74, 6) is 3.33. The van der Waals surface area contributed by atoms with Crippen LogP contribution in [0.4, 0.5) is 5.69 Å². The summed E-state index contributed by atoms with van der Waals surface area (Å²) in [5, 5.41) is 6.66. The number of benzene rings is 1. The molecule has 0 radical (unpaired) electrons. The van der Waals surface area contributed by atoms with Crippen molar-refractivity contribution in [2.75, 3.05) is 5.32 Å². The van der Waals surface area contributed by atoms with Crippen LogP contribution in [-0.4, -0.2) is 27.7 Å². The lowest BCUT2D eigenvalue weighted by atomic mass is 9.82. The number of terminal acetylenes is 1. The smallest absolute Gasteiger partial charge is 0.257 e. The highest BCUT2D eigenvalue weighted by molar-refractivity contribution is 6.34. The highest BCUT2D eigenvalue weighted by Crippen LogP contribution is 2.40. The van der Waals surface area contributed by atoms with E-state index in [9.17, 15) is 9.59 Å². The van der Waals surface area contributed by atoms with Crippen molar-refractivity contribution in [1.82, 2.24) is 15.2 Å². The van der Waals surface area contributed by atoms with Gasteiger partial charge in [-0.05, 0) is 43.4 Å². The number of rotatable bonds is 4. The second kappa shape index (κ2) is 11.6. The summed E-state index contributed by atoms with van der Waals surface area (Å²) in [7, 11) is 0. The number of halogens is 1. The van der Waals surface area contributed by atoms with Gasteiger partial charge in [0.25, 0.3) is 5.91 Å². The minimum absolute atomic E-state index is 0.0352. The molecule has 2 aromatic rings. The fourth-order valence-corrected chi connectivity index (χ4v) is 5.46. The van der Waals surface area contributed by atoms with Crippen LogP contribution in [0.5, 0.6) is 0 Å². The third-order valence-corrected chi connectivity index (χ3v) is 7.17. The summed E-state index contributed by atoms with van der Waals surface area (Å²) in [6, 6.07) is 7.16. The van der Waals surface area contributed by atoms with Crippen LogP contribution >= 0.6 is 11.6 Å². The standard InChI is InChI=1S/C27H29ClN4O2.C2H6/c1-5-19-13-20(16-29-15-19)26(34)30-23-11-7-10-22(25(23)28)27(4)14-24(33)32(18(3)31-27)21-9-6-8-17(2)12-21;1-2/h1,7,10-11,13,15-17,21,31H,3,6,8-9,12,14H2,2,4H3,(H,30,34);1-2H3. The van der Waals surface area contributed by atoms with Crippen LogP contribution < -0.4 is 10.6 Å². The summed E-state index contributed by atoms with van der Waals surface area (Å²) in [6.45, 7) is 12.4. The Morgan fingerprint density at radius 2 is 2.08 bits per heavy atom. The molecule has 2 aliphatic rings. The van der Waals surface area contributed by atoms with Gasteiger partial charge >= 0.3 is 0 Å². The van der Waals surface area contributed by atoms with E-state index in [0.717, 1.165) is 19.3 Å². The van der Waals surface area contributed by atoms with Crippen LogP contribution in [0.15, 0.2) is 49.1 Å². The molecule has 1 saturated carbocycles. The predicted octanol–water partition coefficient (Wildman–Crippen LogP) is 6.08. The van der Waals surface area contributed by atoms with E-state index in [2.05, 4.69) is 35.0 Å². The van der Waals surface area contributed by atoms with Crippen molar-refractivity contribution in [3.05, 3.63) is 70.8 Å². The number of carbonyl (C=O) groups excluding carboxylic acids is 2. The molecule has 3 unspecified atom stereocenters. The SMILES string of the molecule is C#Cc1cncc(C(=O)Nc2cccc(C3(C)CC(=O)N(C4CCCC(C)C4)C(=C)N3)c2Cl)c1.CC. The Labute approximate surface area is 219 Å². The Morgan fingerprint density at radius 3 is 2.75 bits per heavy atom. The fraction of sp³-hybridized carbons (Fsp3) is 0.414. The first kappa shape index (κ1) is 27.3. The van der Waals surface area contributed by atoms with E-state index in [1.54, 1.807) is 12.1 Å². The number of aromatic nitrogens is 1. The molecule has 1 aliphatic heterocycles. The molecule has 0 bridgehead atoms. The van der Waals surface area contributed by atoms with Gasteiger partial charge in [0.1, 0.15) is 5.82 Å². The number of pyridine rings is 1. The molecule has 3 atom stereocenters. The predicted molar refractivity (Wildman–Crippen MR) is 145 cm³/mol. The molecule has 1 aromatic carbocycles. The summed E-state index contributed by atoms with van der Waals surface area (Å²) in [5.41, 5.74) is 1.25. The van der Waals surface area contributed by atoms with Crippen LogP contribution in [0.25, 0.3) is 0 Å². The zero-order valence-electron chi connectivity index (χ0n) is 21.5. The maximum atomic E-state index is 13.3. The molecule has 1 aliphatic carbocycles. The molecule has 190 valence electrons. The molecule has 2 heterocycles. The van der Waals surface area contributed by atoms with E-state index in [-0.39, 0.29) is 24.3 Å². The topological polar surface area (TPSA) is 74.3 Å². The second-order valence-electron chi connectivity index (χ2n) is 9.50. The number of amides is 2. The Bertz CT molecular complexity index is 1170. The Morgan fingerprint density at radius 1 is 1.33 bits per heavy atom. The van der Waals surface area contributed by atoms with Gasteiger partial charge in [0.05, 0.1) is 28.2 Å². The van der Waals surface area contributed by atoms with Crippen molar-refractivity contribution >= 4 is 29.1 Å². The molecule has 36 heavy (non-hydrogen) atoms. The normalized spacial score (nSPS) is 23.6. The highest BCUT2D eigenvalue weighted by atomic mass is 35.5. The van der Waals surface area contributed by atoms with Gasteiger partial charge in [-0.25, -0.2) is 0 Å². The van der Waals surface area contributed by atoms with Crippen molar-refractivity contribution in [3.8, 4) is 12.3 Å². The zero-order chi connectivity index (χ0) is 26.5. The van der Waals surface area contributed by atoms with Crippen molar-refractivity contribution in [2.24, 2.45) is 5.92 Å². The molecule has 1 aromatic heterocycles. The lowest BCUT2D eigenvalue weighted by Gasteiger charge is -2.47. The first-order valence-corrected chi connectivity index (χ1v) is 12.9. The van der Waals surface area contributed by atoms with E-state index in [1.165, 1.54) is 18.8 Å². The van der Waals surface area contributed by atoms with Crippen molar-refractivity contribution in [3.63, 3.8) is 0 Å². The number of anilines is 1. The molecule has 4 rings (SSSR count). The molecule has 2 fully saturated rings. The minimum atomic E-state index is -0.756. The maximum absolute atomic E-state index is 13.3. The first-order valence-electron chi connectivity index (χ1n) is 12.5. The molecule has 2 N–H and O–H groups in total. The summed E-state index contributed by atoms with van der Waals surface area (Å²) < 4.78 is 0. The van der Waals surface area contributed by atoms with Gasteiger partial charge in [0, 0.05) is 24.0 Å². The molecule has 6 nitrogen and oxygen atoms in total. The second-order valence-corrected chi connectivity index (χ2v) is 9.88. The lowest BCUT2D eigenvalue weighted by molar-refractivity contribution is -0.137. The summed E-state index contributed by atoms with van der Waals surface area (Å²) in [4.78, 5) is 31.9. The van der Waals surface area contributed by atoms with Gasteiger partial charge in [-0.2, -0.15) is 0 Å². The van der Waals surface area contributed by atoms with Gasteiger partial charge in [-0.15, -0.1) is 6.42 Å². The quantitative estimate of drug-likeness (QED) is 0.493. The third-order valence-electron chi connectivity index (χ3n) is 6.77. The minimum Gasteiger partial charge on any atom is -0.362 e. The third kappa shape index (κ3) is 5.74. The largest absolute Gasteiger partial charge is 0.362 e. The van der Waals surface area contributed by atoms with Gasteiger partial charge in [0.2, 0.25) is 5.91 Å². The number of carbonyl (C=O) groups is 2. The molecular formula is C29H35ClN4O2. The number of hydrogen-bond acceptors (Lipinski definition) is 4. The van der Waals surface area contributed by atoms with Crippen LogP contribution in [0.1, 0.15) is 81.3 Å². The Balaban J connectivity index is 0.00000176. The number of hydrogen-bond donors (Lipinski definition) is 2. The van der Waals surface area contributed by atoms with E-state index < -0.39 is 5.54 Å². The van der Waals surface area contributed by atoms with Gasteiger partial charge in [-0.1, -0.05) is 69.8 Å². The Hall–Kier alpha value is -3.30. The molecule has 7 heteroatoms. The molecule has 0 spiro atoms. The van der Waals surface area contributed by atoms with Gasteiger partial charge in [0.15, 0.2) is 0 Å². The van der Waals surface area contributed by atoms with E-state index in [0.29, 0.717) is 39.1 Å². The van der Waals surface area contributed by atoms with Crippen LogP contribution in [0.3, 0.4) is 0 Å². The van der Waals surface area contributed by atoms with Crippen molar-refractivity contribution < 1.29 is 9.59 Å². The maximum Gasteiger partial charge on any atom is 0.257 e.